The van der Waals surface area contributed by atoms with Crippen LogP contribution in [0, 0.1) is 0 Å². The molecule has 0 amide bonds. The molecular formula is C30H44O2Si. The maximum atomic E-state index is 9.76. The van der Waals surface area contributed by atoms with Gasteiger partial charge in [0.25, 0.3) is 8.32 Å². The van der Waals surface area contributed by atoms with Gasteiger partial charge in [0.15, 0.2) is 0 Å². The molecule has 2 rings (SSSR count). The first-order valence-electron chi connectivity index (χ1n) is 12.4. The Kier molecular flexibility index (Phi) is 10.8. The largest absolute Gasteiger partial charge is 0.404 e. The Bertz CT molecular complexity index is 839. The summed E-state index contributed by atoms with van der Waals surface area (Å²) in [5.41, 5.74) is 2.74. The number of hydrogen-bond donors (Lipinski definition) is 1. The molecule has 0 spiro atoms. The first-order chi connectivity index (χ1) is 15.7. The first-order valence-corrected chi connectivity index (χ1v) is 14.4. The fraction of sp³-hybridized carbons (Fsp3) is 0.467. The number of aliphatic hydroxyl groups is 1. The van der Waals surface area contributed by atoms with Gasteiger partial charge in [0.2, 0.25) is 0 Å². The Morgan fingerprint density at radius 2 is 1.39 bits per heavy atom. The molecule has 33 heavy (non-hydrogen) atoms. The van der Waals surface area contributed by atoms with Crippen LogP contribution in [-0.4, -0.2) is 26.1 Å². The van der Waals surface area contributed by atoms with Crippen molar-refractivity contribution in [3.63, 3.8) is 0 Å². The van der Waals surface area contributed by atoms with E-state index < -0.39 is 8.32 Å². The molecule has 2 nitrogen and oxygen atoms in total. The van der Waals surface area contributed by atoms with Gasteiger partial charge in [0.1, 0.15) is 0 Å². The quantitative estimate of drug-likeness (QED) is 0.277. The molecule has 3 heteroatoms. The highest BCUT2D eigenvalue weighted by Crippen LogP contribution is 2.36. The van der Waals surface area contributed by atoms with Crippen molar-refractivity contribution in [1.29, 1.82) is 0 Å². The Balaban J connectivity index is 2.13. The molecule has 0 heterocycles. The molecule has 0 radical (unpaired) electrons. The maximum Gasteiger partial charge on any atom is 0.261 e. The molecule has 180 valence electrons. The van der Waals surface area contributed by atoms with Gasteiger partial charge in [-0.25, -0.2) is 0 Å². The van der Waals surface area contributed by atoms with E-state index in [1.807, 2.05) is 6.92 Å². The topological polar surface area (TPSA) is 29.5 Å². The summed E-state index contributed by atoms with van der Waals surface area (Å²) in [6.07, 6.45) is 9.17. The number of allylic oxidation sites excluding steroid dienone is 3. The van der Waals surface area contributed by atoms with E-state index in [4.69, 9.17) is 4.43 Å². The molecule has 2 aromatic rings. The Hall–Kier alpha value is -1.94. The van der Waals surface area contributed by atoms with Crippen LogP contribution >= 0.6 is 0 Å². The highest BCUT2D eigenvalue weighted by molar-refractivity contribution is 6.99. The molecule has 0 bridgehead atoms. The van der Waals surface area contributed by atoms with E-state index in [-0.39, 0.29) is 11.1 Å². The van der Waals surface area contributed by atoms with E-state index in [2.05, 4.69) is 107 Å². The van der Waals surface area contributed by atoms with E-state index in [0.717, 1.165) is 32.1 Å². The predicted molar refractivity (Wildman–Crippen MR) is 146 cm³/mol. The lowest BCUT2D eigenvalue weighted by Crippen LogP contribution is -2.66. The van der Waals surface area contributed by atoms with Crippen LogP contribution < -0.4 is 10.4 Å². The van der Waals surface area contributed by atoms with Crippen molar-refractivity contribution < 1.29 is 9.53 Å². The van der Waals surface area contributed by atoms with Crippen LogP contribution in [-0.2, 0) is 4.43 Å². The molecule has 1 atom stereocenters. The van der Waals surface area contributed by atoms with Gasteiger partial charge >= 0.3 is 0 Å². The molecule has 0 aliphatic heterocycles. The molecule has 0 aliphatic rings. The number of hydrogen-bond acceptors (Lipinski definition) is 2. The highest BCUT2D eigenvalue weighted by atomic mass is 28.4. The molecule has 2 aromatic carbocycles. The van der Waals surface area contributed by atoms with Crippen molar-refractivity contribution in [3.8, 4) is 0 Å². The second kappa shape index (κ2) is 13.1. The zero-order valence-electron chi connectivity index (χ0n) is 21.6. The number of benzene rings is 2. The molecule has 0 unspecified atom stereocenters. The summed E-state index contributed by atoms with van der Waals surface area (Å²) in [5.74, 6) is 0. The summed E-state index contributed by atoms with van der Waals surface area (Å²) in [4.78, 5) is 0. The summed E-state index contributed by atoms with van der Waals surface area (Å²) < 4.78 is 6.96. The lowest BCUT2D eigenvalue weighted by atomic mass is 10.0. The van der Waals surface area contributed by atoms with Crippen LogP contribution in [0.3, 0.4) is 0 Å². The predicted octanol–water partition coefficient (Wildman–Crippen LogP) is 6.79. The van der Waals surface area contributed by atoms with Crippen molar-refractivity contribution in [2.75, 3.05) is 6.61 Å². The SMILES string of the molecule is CC[C@@H](O)CC/C(C)=C/CC/C(C)=C/CO[Si](c1ccccc1)(c1ccccc1)C(C)(C)C. The van der Waals surface area contributed by atoms with E-state index in [0.29, 0.717) is 6.61 Å². The number of rotatable bonds is 12. The van der Waals surface area contributed by atoms with Gasteiger partial charge in [-0.3, -0.25) is 0 Å². The minimum Gasteiger partial charge on any atom is -0.404 e. The molecule has 0 saturated heterocycles. The van der Waals surface area contributed by atoms with Crippen LogP contribution in [0.2, 0.25) is 5.04 Å². The van der Waals surface area contributed by atoms with E-state index in [1.54, 1.807) is 0 Å². The Morgan fingerprint density at radius 3 is 1.88 bits per heavy atom. The van der Waals surface area contributed by atoms with Crippen LogP contribution in [0.5, 0.6) is 0 Å². The molecule has 0 fully saturated rings. The molecule has 1 N–H and O–H groups in total. The van der Waals surface area contributed by atoms with E-state index >= 15 is 0 Å². The van der Waals surface area contributed by atoms with Crippen LogP contribution in [0.15, 0.2) is 84.0 Å². The third-order valence-electron chi connectivity index (χ3n) is 6.52. The van der Waals surface area contributed by atoms with E-state index in [9.17, 15) is 5.11 Å². The number of aliphatic hydroxyl groups excluding tert-OH is 1. The van der Waals surface area contributed by atoms with Crippen molar-refractivity contribution in [2.45, 2.75) is 84.8 Å². The highest BCUT2D eigenvalue weighted by Gasteiger charge is 2.49. The summed E-state index contributed by atoms with van der Waals surface area (Å²) in [6.45, 7) is 14.0. The fourth-order valence-electron chi connectivity index (χ4n) is 4.42. The van der Waals surface area contributed by atoms with Gasteiger partial charge in [-0.05, 0) is 61.4 Å². The molecule has 0 saturated carbocycles. The molecule has 0 aromatic heterocycles. The fourth-order valence-corrected chi connectivity index (χ4v) is 8.91. The van der Waals surface area contributed by atoms with Crippen molar-refractivity contribution in [3.05, 3.63) is 84.0 Å². The smallest absolute Gasteiger partial charge is 0.261 e. The van der Waals surface area contributed by atoms with Crippen LogP contribution in [0.25, 0.3) is 0 Å². The monoisotopic (exact) mass is 464 g/mol. The average Bonchev–Trinajstić information content (AvgIpc) is 2.80. The van der Waals surface area contributed by atoms with Gasteiger partial charge in [0.05, 0.1) is 12.7 Å². The lowest BCUT2D eigenvalue weighted by molar-refractivity contribution is 0.160. The van der Waals surface area contributed by atoms with E-state index in [1.165, 1.54) is 21.5 Å². The van der Waals surface area contributed by atoms with Crippen LogP contribution in [0.1, 0.15) is 73.6 Å². The summed E-state index contributed by atoms with van der Waals surface area (Å²) >= 11 is 0. The molecule has 0 aliphatic carbocycles. The van der Waals surface area contributed by atoms with Crippen molar-refractivity contribution in [2.24, 2.45) is 0 Å². The average molecular weight is 465 g/mol. The minimum absolute atomic E-state index is 0.000353. The second-order valence-corrected chi connectivity index (χ2v) is 14.5. The maximum absolute atomic E-state index is 9.76. The van der Waals surface area contributed by atoms with Gasteiger partial charge in [-0.2, -0.15) is 0 Å². The summed E-state index contributed by atoms with van der Waals surface area (Å²) in [5, 5.41) is 12.4. The summed E-state index contributed by atoms with van der Waals surface area (Å²) in [7, 11) is -2.47. The van der Waals surface area contributed by atoms with Crippen molar-refractivity contribution >= 4 is 18.7 Å². The summed E-state index contributed by atoms with van der Waals surface area (Å²) in [6, 6.07) is 21.6. The zero-order chi connectivity index (χ0) is 24.3. The third-order valence-corrected chi connectivity index (χ3v) is 11.5. The molecular weight excluding hydrogens is 420 g/mol. The van der Waals surface area contributed by atoms with Gasteiger partial charge < -0.3 is 9.53 Å². The second-order valence-electron chi connectivity index (χ2n) is 10.2. The van der Waals surface area contributed by atoms with Gasteiger partial charge in [-0.1, -0.05) is 112 Å². The minimum atomic E-state index is -2.47. The Labute approximate surface area is 203 Å². The standard InChI is InChI=1S/C30H44O2Si/c1-7-27(31)22-21-25(2)15-14-16-26(3)23-24-32-33(30(4,5)6,28-17-10-8-11-18-28)29-19-12-9-13-20-29/h8-13,15,17-20,23,27,31H,7,14,16,21-22,24H2,1-6H3/b25-15+,26-23+/t27-/m1/s1. The lowest BCUT2D eigenvalue weighted by Gasteiger charge is -2.42. The van der Waals surface area contributed by atoms with Crippen LogP contribution in [0.4, 0.5) is 0 Å². The van der Waals surface area contributed by atoms with Crippen molar-refractivity contribution in [1.82, 2.24) is 0 Å². The Morgan fingerprint density at radius 1 is 0.879 bits per heavy atom. The van der Waals surface area contributed by atoms with Gasteiger partial charge in [-0.15, -0.1) is 0 Å². The van der Waals surface area contributed by atoms with Gasteiger partial charge in [0, 0.05) is 0 Å². The normalized spacial score (nSPS) is 14.4. The third kappa shape index (κ3) is 7.81. The first kappa shape index (κ1) is 27.3. The zero-order valence-corrected chi connectivity index (χ0v) is 22.6.